The van der Waals surface area contributed by atoms with Crippen LogP contribution in [0.25, 0.3) is 0 Å². The van der Waals surface area contributed by atoms with Crippen molar-refractivity contribution in [2.24, 2.45) is 0 Å². The summed E-state index contributed by atoms with van der Waals surface area (Å²) in [6.07, 6.45) is 0. The number of hydrogen-bond donors (Lipinski definition) is 2. The number of aliphatic hydroxyl groups is 1. The zero-order valence-corrected chi connectivity index (χ0v) is 11.2. The standard InChI is InChI=1S/C11H15NO5S/c1-6-4-8(16-2)9(18-6)10(14)12-7(5-13)11(15)17-3/h4,7,13H,5H2,1-3H3,(H,12,14)/t7-/m1/s1. The maximum absolute atomic E-state index is 11.9. The molecule has 0 fully saturated rings. The summed E-state index contributed by atoms with van der Waals surface area (Å²) in [5, 5.41) is 11.4. The van der Waals surface area contributed by atoms with Gasteiger partial charge in [0, 0.05) is 4.88 Å². The zero-order valence-electron chi connectivity index (χ0n) is 10.4. The highest BCUT2D eigenvalue weighted by molar-refractivity contribution is 7.14. The monoisotopic (exact) mass is 273 g/mol. The van der Waals surface area contributed by atoms with Gasteiger partial charge in [-0.3, -0.25) is 4.79 Å². The van der Waals surface area contributed by atoms with Crippen molar-refractivity contribution < 1.29 is 24.2 Å². The van der Waals surface area contributed by atoms with E-state index in [-0.39, 0.29) is 0 Å². The van der Waals surface area contributed by atoms with Gasteiger partial charge in [-0.2, -0.15) is 0 Å². The highest BCUT2D eigenvalue weighted by Gasteiger charge is 2.24. The number of aryl methyl sites for hydroxylation is 1. The van der Waals surface area contributed by atoms with Crippen molar-refractivity contribution >= 4 is 23.2 Å². The molecule has 0 aliphatic heterocycles. The second-order valence-electron chi connectivity index (χ2n) is 3.49. The van der Waals surface area contributed by atoms with Gasteiger partial charge >= 0.3 is 5.97 Å². The van der Waals surface area contributed by atoms with E-state index in [1.807, 2.05) is 6.92 Å². The number of hydrogen-bond acceptors (Lipinski definition) is 6. The Labute approximate surface area is 109 Å². The summed E-state index contributed by atoms with van der Waals surface area (Å²) in [4.78, 5) is 24.4. The fourth-order valence-corrected chi connectivity index (χ4v) is 2.23. The molecular weight excluding hydrogens is 258 g/mol. The van der Waals surface area contributed by atoms with Crippen LogP contribution >= 0.6 is 11.3 Å². The van der Waals surface area contributed by atoms with E-state index >= 15 is 0 Å². The van der Waals surface area contributed by atoms with Crippen LogP contribution in [0.5, 0.6) is 5.75 Å². The fraction of sp³-hybridized carbons (Fsp3) is 0.455. The number of carbonyl (C=O) groups is 2. The van der Waals surface area contributed by atoms with E-state index in [1.165, 1.54) is 25.6 Å². The number of carbonyl (C=O) groups excluding carboxylic acids is 2. The van der Waals surface area contributed by atoms with Gasteiger partial charge in [-0.1, -0.05) is 0 Å². The molecule has 0 bridgehead atoms. The number of methoxy groups -OCH3 is 2. The predicted octanol–water partition coefficient (Wildman–Crippen LogP) is 0.329. The van der Waals surface area contributed by atoms with Crippen LogP contribution < -0.4 is 10.1 Å². The molecular formula is C11H15NO5S. The van der Waals surface area contributed by atoms with Gasteiger partial charge in [0.1, 0.15) is 10.6 Å². The van der Waals surface area contributed by atoms with Crippen LogP contribution in [0.1, 0.15) is 14.5 Å². The number of ether oxygens (including phenoxy) is 2. The van der Waals surface area contributed by atoms with Crippen molar-refractivity contribution in [3.05, 3.63) is 15.8 Å². The fourth-order valence-electron chi connectivity index (χ4n) is 1.35. The van der Waals surface area contributed by atoms with Gasteiger partial charge in [-0.25, -0.2) is 4.79 Å². The van der Waals surface area contributed by atoms with Gasteiger partial charge in [0.25, 0.3) is 5.91 Å². The predicted molar refractivity (Wildman–Crippen MR) is 66.0 cm³/mol. The molecule has 1 atom stereocenters. The average Bonchev–Trinajstić information content (AvgIpc) is 2.76. The van der Waals surface area contributed by atoms with Crippen LogP contribution in [0, 0.1) is 6.92 Å². The molecule has 0 unspecified atom stereocenters. The lowest BCUT2D eigenvalue weighted by molar-refractivity contribution is -0.143. The minimum absolute atomic E-state index is 0.359. The first-order chi connectivity index (χ1) is 8.53. The molecule has 1 amide bonds. The highest BCUT2D eigenvalue weighted by Crippen LogP contribution is 2.28. The molecule has 7 heteroatoms. The van der Waals surface area contributed by atoms with Gasteiger partial charge < -0.3 is 19.9 Å². The number of rotatable bonds is 5. The summed E-state index contributed by atoms with van der Waals surface area (Å²) in [5.41, 5.74) is 0. The zero-order chi connectivity index (χ0) is 13.7. The van der Waals surface area contributed by atoms with Gasteiger partial charge in [-0.05, 0) is 13.0 Å². The smallest absolute Gasteiger partial charge is 0.330 e. The maximum Gasteiger partial charge on any atom is 0.330 e. The molecule has 100 valence electrons. The molecule has 1 aromatic rings. The third kappa shape index (κ3) is 3.21. The van der Waals surface area contributed by atoms with Crippen molar-refractivity contribution in [3.63, 3.8) is 0 Å². The van der Waals surface area contributed by atoms with Gasteiger partial charge in [0.05, 0.1) is 20.8 Å². The summed E-state index contributed by atoms with van der Waals surface area (Å²) in [7, 11) is 2.65. The van der Waals surface area contributed by atoms with Crippen LogP contribution in [0.4, 0.5) is 0 Å². The largest absolute Gasteiger partial charge is 0.495 e. The Bertz CT molecular complexity index is 443. The minimum Gasteiger partial charge on any atom is -0.495 e. The van der Waals surface area contributed by atoms with E-state index < -0.39 is 24.5 Å². The Morgan fingerprint density at radius 2 is 2.17 bits per heavy atom. The first-order valence-electron chi connectivity index (χ1n) is 5.17. The lowest BCUT2D eigenvalue weighted by Gasteiger charge is -2.13. The van der Waals surface area contributed by atoms with Crippen molar-refractivity contribution in [2.45, 2.75) is 13.0 Å². The lowest BCUT2D eigenvalue weighted by Crippen LogP contribution is -2.43. The first kappa shape index (κ1) is 14.5. The third-order valence-electron chi connectivity index (χ3n) is 2.22. The molecule has 0 spiro atoms. The molecule has 2 N–H and O–H groups in total. The Balaban J connectivity index is 2.83. The second kappa shape index (κ2) is 6.36. The second-order valence-corrected chi connectivity index (χ2v) is 4.74. The van der Waals surface area contributed by atoms with Crippen LogP contribution in [-0.2, 0) is 9.53 Å². The number of thiophene rings is 1. The average molecular weight is 273 g/mol. The molecule has 1 aromatic heterocycles. The van der Waals surface area contributed by atoms with E-state index in [9.17, 15) is 9.59 Å². The van der Waals surface area contributed by atoms with Crippen LogP contribution in [0.15, 0.2) is 6.07 Å². The molecule has 0 aromatic carbocycles. The molecule has 0 saturated heterocycles. The van der Waals surface area contributed by atoms with E-state index in [0.29, 0.717) is 10.6 Å². The minimum atomic E-state index is -1.07. The molecule has 18 heavy (non-hydrogen) atoms. The Hall–Kier alpha value is -1.60. The Morgan fingerprint density at radius 3 is 2.67 bits per heavy atom. The highest BCUT2D eigenvalue weighted by atomic mass is 32.1. The Kier molecular flexibility index (Phi) is 5.11. The Morgan fingerprint density at radius 1 is 1.50 bits per heavy atom. The van der Waals surface area contributed by atoms with Crippen LogP contribution in [0.2, 0.25) is 0 Å². The summed E-state index contributed by atoms with van der Waals surface area (Å²) in [6, 6.07) is 0.653. The van der Waals surface area contributed by atoms with Gasteiger partial charge in [-0.15, -0.1) is 11.3 Å². The SMILES string of the molecule is COC(=O)[C@@H](CO)NC(=O)c1sc(C)cc1OC. The topological polar surface area (TPSA) is 84.9 Å². The molecule has 0 aliphatic rings. The molecule has 1 heterocycles. The van der Waals surface area contributed by atoms with Gasteiger partial charge in [0.15, 0.2) is 6.04 Å². The van der Waals surface area contributed by atoms with Crippen LogP contribution in [0.3, 0.4) is 0 Å². The van der Waals surface area contributed by atoms with E-state index in [1.54, 1.807) is 6.07 Å². The quantitative estimate of drug-likeness (QED) is 0.755. The normalized spacial score (nSPS) is 11.8. The summed E-state index contributed by atoms with van der Waals surface area (Å²) in [5.74, 6) is -0.732. The summed E-state index contributed by atoms with van der Waals surface area (Å²) >= 11 is 1.25. The van der Waals surface area contributed by atoms with Crippen LogP contribution in [-0.4, -0.2) is 43.9 Å². The summed E-state index contributed by atoms with van der Waals surface area (Å²) < 4.78 is 9.52. The number of aliphatic hydroxyl groups excluding tert-OH is 1. The van der Waals surface area contributed by atoms with Crippen molar-refractivity contribution in [2.75, 3.05) is 20.8 Å². The molecule has 0 radical (unpaired) electrons. The number of esters is 1. The lowest BCUT2D eigenvalue weighted by atomic mass is 10.3. The van der Waals surface area contributed by atoms with Crippen molar-refractivity contribution in [1.29, 1.82) is 0 Å². The molecule has 6 nitrogen and oxygen atoms in total. The number of nitrogens with one attached hydrogen (secondary N) is 1. The molecule has 0 aliphatic carbocycles. The molecule has 1 rings (SSSR count). The summed E-state index contributed by atoms with van der Waals surface area (Å²) in [6.45, 7) is 1.32. The third-order valence-corrected chi connectivity index (χ3v) is 3.25. The van der Waals surface area contributed by atoms with E-state index in [4.69, 9.17) is 9.84 Å². The van der Waals surface area contributed by atoms with Crippen molar-refractivity contribution in [3.8, 4) is 5.75 Å². The molecule has 0 saturated carbocycles. The van der Waals surface area contributed by atoms with Crippen molar-refractivity contribution in [1.82, 2.24) is 5.32 Å². The van der Waals surface area contributed by atoms with E-state index in [2.05, 4.69) is 10.1 Å². The van der Waals surface area contributed by atoms with Gasteiger partial charge in [0.2, 0.25) is 0 Å². The maximum atomic E-state index is 11.9. The van der Waals surface area contributed by atoms with E-state index in [0.717, 1.165) is 4.88 Å². The number of amides is 1. The first-order valence-corrected chi connectivity index (χ1v) is 5.99.